The van der Waals surface area contributed by atoms with Crippen molar-refractivity contribution < 1.29 is 13.2 Å². The summed E-state index contributed by atoms with van der Waals surface area (Å²) in [6.45, 7) is 3.64. The summed E-state index contributed by atoms with van der Waals surface area (Å²) in [5.74, 6) is -0.0918. The average molecular weight is 284 g/mol. The standard InChI is InChI=1S/C11H16N4O3S/c1-7-10(8(2)15(3)14-7)13-11(16)12-9-4-5-19(17,18)6-9/h4-5,9H,6H2,1-3H3,(H2,12,13,16)/t9-/m0/s1. The van der Waals surface area contributed by atoms with Gasteiger partial charge in [0.1, 0.15) is 0 Å². The summed E-state index contributed by atoms with van der Waals surface area (Å²) < 4.78 is 24.1. The van der Waals surface area contributed by atoms with Gasteiger partial charge in [-0.05, 0) is 19.9 Å². The maximum atomic E-state index is 11.8. The van der Waals surface area contributed by atoms with E-state index in [-0.39, 0.29) is 5.75 Å². The fraction of sp³-hybridized carbons (Fsp3) is 0.455. The van der Waals surface area contributed by atoms with E-state index in [9.17, 15) is 13.2 Å². The zero-order valence-electron chi connectivity index (χ0n) is 11.0. The van der Waals surface area contributed by atoms with E-state index in [0.717, 1.165) is 11.1 Å². The first kappa shape index (κ1) is 13.6. The van der Waals surface area contributed by atoms with Crippen LogP contribution in [0.3, 0.4) is 0 Å². The Balaban J connectivity index is 2.01. The van der Waals surface area contributed by atoms with Crippen molar-refractivity contribution in [3.63, 3.8) is 0 Å². The van der Waals surface area contributed by atoms with Crippen molar-refractivity contribution in [2.24, 2.45) is 7.05 Å². The molecule has 1 aliphatic heterocycles. The summed E-state index contributed by atoms with van der Waals surface area (Å²) >= 11 is 0. The molecule has 1 aromatic heterocycles. The third-order valence-electron chi connectivity index (χ3n) is 2.99. The molecule has 0 fully saturated rings. The third kappa shape index (κ3) is 2.95. The monoisotopic (exact) mass is 284 g/mol. The first-order valence-electron chi connectivity index (χ1n) is 5.77. The highest BCUT2D eigenvalue weighted by molar-refractivity contribution is 7.94. The quantitative estimate of drug-likeness (QED) is 0.825. The Morgan fingerprint density at radius 2 is 2.16 bits per heavy atom. The highest BCUT2D eigenvalue weighted by Crippen LogP contribution is 2.18. The molecule has 0 saturated heterocycles. The van der Waals surface area contributed by atoms with Crippen LogP contribution in [0.1, 0.15) is 11.4 Å². The molecule has 0 aromatic carbocycles. The first-order chi connectivity index (χ1) is 8.78. The summed E-state index contributed by atoms with van der Waals surface area (Å²) in [5, 5.41) is 10.6. The van der Waals surface area contributed by atoms with Gasteiger partial charge in [-0.2, -0.15) is 5.10 Å². The van der Waals surface area contributed by atoms with Gasteiger partial charge in [-0.15, -0.1) is 0 Å². The van der Waals surface area contributed by atoms with E-state index in [1.54, 1.807) is 18.7 Å². The largest absolute Gasteiger partial charge is 0.331 e. The molecule has 104 valence electrons. The first-order valence-corrected chi connectivity index (χ1v) is 7.49. The molecule has 0 spiro atoms. The van der Waals surface area contributed by atoms with Crippen molar-refractivity contribution in [2.45, 2.75) is 19.9 Å². The van der Waals surface area contributed by atoms with Crippen LogP contribution in [0.2, 0.25) is 0 Å². The number of amides is 2. The number of carbonyl (C=O) groups is 1. The topological polar surface area (TPSA) is 93.1 Å². The van der Waals surface area contributed by atoms with E-state index in [0.29, 0.717) is 11.4 Å². The molecule has 2 N–H and O–H groups in total. The lowest BCUT2D eigenvalue weighted by molar-refractivity contribution is 0.251. The van der Waals surface area contributed by atoms with Gasteiger partial charge in [-0.3, -0.25) is 4.68 Å². The number of urea groups is 1. The lowest BCUT2D eigenvalue weighted by Crippen LogP contribution is -2.38. The second-order valence-electron chi connectivity index (χ2n) is 4.53. The second-order valence-corrected chi connectivity index (χ2v) is 6.46. The van der Waals surface area contributed by atoms with Crippen LogP contribution in [-0.4, -0.2) is 36.0 Å². The molecule has 2 amide bonds. The predicted molar refractivity (Wildman–Crippen MR) is 71.6 cm³/mol. The van der Waals surface area contributed by atoms with Crippen molar-refractivity contribution in [2.75, 3.05) is 11.1 Å². The fourth-order valence-corrected chi connectivity index (χ4v) is 3.17. The lowest BCUT2D eigenvalue weighted by Gasteiger charge is -2.11. The molecule has 7 nitrogen and oxygen atoms in total. The summed E-state index contributed by atoms with van der Waals surface area (Å²) in [5.41, 5.74) is 2.19. The van der Waals surface area contributed by atoms with Crippen molar-refractivity contribution in [1.29, 1.82) is 0 Å². The SMILES string of the molecule is Cc1nn(C)c(C)c1NC(=O)N[C@H]1C=CS(=O)(=O)C1. The van der Waals surface area contributed by atoms with Crippen LogP contribution in [0.15, 0.2) is 11.5 Å². The Labute approximate surface area is 111 Å². The maximum absolute atomic E-state index is 11.8. The summed E-state index contributed by atoms with van der Waals surface area (Å²) in [6, 6.07) is -0.923. The number of nitrogens with one attached hydrogen (secondary N) is 2. The molecule has 19 heavy (non-hydrogen) atoms. The van der Waals surface area contributed by atoms with E-state index >= 15 is 0 Å². The van der Waals surface area contributed by atoms with Crippen LogP contribution in [0.4, 0.5) is 10.5 Å². The van der Waals surface area contributed by atoms with Crippen molar-refractivity contribution in [1.82, 2.24) is 15.1 Å². The van der Waals surface area contributed by atoms with Gasteiger partial charge in [-0.25, -0.2) is 13.2 Å². The van der Waals surface area contributed by atoms with Crippen LogP contribution >= 0.6 is 0 Å². The highest BCUT2D eigenvalue weighted by Gasteiger charge is 2.23. The summed E-state index contributed by atoms with van der Waals surface area (Å²) in [7, 11) is -1.38. The Bertz CT molecular complexity index is 645. The van der Waals surface area contributed by atoms with Gasteiger partial charge in [0, 0.05) is 12.5 Å². The van der Waals surface area contributed by atoms with Crippen LogP contribution < -0.4 is 10.6 Å². The van der Waals surface area contributed by atoms with E-state index in [1.165, 1.54) is 6.08 Å². The smallest absolute Gasteiger partial charge is 0.319 e. The van der Waals surface area contributed by atoms with E-state index in [4.69, 9.17) is 0 Å². The molecule has 0 aliphatic carbocycles. The minimum absolute atomic E-state index is 0.0918. The number of hydrogen-bond donors (Lipinski definition) is 2. The number of nitrogens with zero attached hydrogens (tertiary/aromatic N) is 2. The Hall–Kier alpha value is -1.83. The fourth-order valence-electron chi connectivity index (χ4n) is 1.94. The summed E-state index contributed by atoms with van der Waals surface area (Å²) in [4.78, 5) is 11.8. The van der Waals surface area contributed by atoms with Gasteiger partial charge in [0.15, 0.2) is 9.84 Å². The number of hydrogen-bond acceptors (Lipinski definition) is 4. The van der Waals surface area contributed by atoms with Crippen molar-refractivity contribution in [3.05, 3.63) is 22.9 Å². The van der Waals surface area contributed by atoms with Crippen LogP contribution in [0.5, 0.6) is 0 Å². The molecule has 1 aliphatic rings. The Morgan fingerprint density at radius 1 is 1.47 bits per heavy atom. The number of rotatable bonds is 2. The normalized spacial score (nSPS) is 20.5. The van der Waals surface area contributed by atoms with E-state index in [2.05, 4.69) is 15.7 Å². The summed E-state index contributed by atoms with van der Waals surface area (Å²) in [6.07, 6.45) is 1.47. The third-order valence-corrected chi connectivity index (χ3v) is 4.39. The number of anilines is 1. The molecule has 0 saturated carbocycles. The second kappa shape index (κ2) is 4.69. The minimum atomic E-state index is -3.17. The van der Waals surface area contributed by atoms with Crippen LogP contribution in [0.25, 0.3) is 0 Å². The van der Waals surface area contributed by atoms with Crippen LogP contribution in [-0.2, 0) is 16.9 Å². The van der Waals surface area contributed by atoms with Gasteiger partial charge in [0.2, 0.25) is 0 Å². The minimum Gasteiger partial charge on any atom is -0.331 e. The molecule has 0 bridgehead atoms. The molecule has 0 radical (unpaired) electrons. The maximum Gasteiger partial charge on any atom is 0.319 e. The van der Waals surface area contributed by atoms with E-state index < -0.39 is 21.9 Å². The molecule has 2 heterocycles. The molecular weight excluding hydrogens is 268 g/mol. The molecule has 1 aromatic rings. The zero-order chi connectivity index (χ0) is 14.2. The average Bonchev–Trinajstić information content (AvgIpc) is 2.74. The molecule has 8 heteroatoms. The van der Waals surface area contributed by atoms with Gasteiger partial charge >= 0.3 is 6.03 Å². The number of sulfone groups is 1. The molecule has 2 rings (SSSR count). The number of carbonyl (C=O) groups excluding carboxylic acids is 1. The van der Waals surface area contributed by atoms with Gasteiger partial charge in [-0.1, -0.05) is 0 Å². The number of aromatic nitrogens is 2. The number of aryl methyl sites for hydroxylation is 2. The highest BCUT2D eigenvalue weighted by atomic mass is 32.2. The van der Waals surface area contributed by atoms with Gasteiger partial charge in [0.05, 0.1) is 28.9 Å². The lowest BCUT2D eigenvalue weighted by atomic mass is 10.3. The van der Waals surface area contributed by atoms with E-state index in [1.807, 2.05) is 6.92 Å². The van der Waals surface area contributed by atoms with Crippen molar-refractivity contribution in [3.8, 4) is 0 Å². The van der Waals surface area contributed by atoms with Gasteiger partial charge in [0.25, 0.3) is 0 Å². The Morgan fingerprint density at radius 3 is 2.63 bits per heavy atom. The molecule has 0 unspecified atom stereocenters. The van der Waals surface area contributed by atoms with Crippen LogP contribution in [0, 0.1) is 13.8 Å². The Kier molecular flexibility index (Phi) is 3.36. The van der Waals surface area contributed by atoms with Gasteiger partial charge < -0.3 is 10.6 Å². The molecular formula is C11H16N4O3S. The zero-order valence-corrected chi connectivity index (χ0v) is 11.8. The molecule has 1 atom stereocenters. The van der Waals surface area contributed by atoms with Crippen molar-refractivity contribution >= 4 is 21.6 Å². The predicted octanol–water partition coefficient (Wildman–Crippen LogP) is 0.469.